The van der Waals surface area contributed by atoms with Crippen molar-refractivity contribution in [1.29, 1.82) is 0 Å². The van der Waals surface area contributed by atoms with Crippen molar-refractivity contribution in [3.05, 3.63) is 47.3 Å². The van der Waals surface area contributed by atoms with E-state index in [1.165, 1.54) is 0 Å². The zero-order valence-corrected chi connectivity index (χ0v) is 11.1. The minimum Gasteiger partial charge on any atom is -0.496 e. The van der Waals surface area contributed by atoms with E-state index in [1.807, 2.05) is 38.5 Å². The maximum Gasteiger partial charge on any atom is 0.122 e. The number of ether oxygens (including phenoxy) is 1. The van der Waals surface area contributed by atoms with E-state index in [1.54, 1.807) is 11.8 Å². The van der Waals surface area contributed by atoms with Crippen LogP contribution in [0.2, 0.25) is 0 Å². The van der Waals surface area contributed by atoms with E-state index in [2.05, 4.69) is 11.2 Å². The van der Waals surface area contributed by atoms with Crippen LogP contribution < -0.4 is 10.5 Å². The fourth-order valence-electron chi connectivity index (χ4n) is 2.02. The van der Waals surface area contributed by atoms with Crippen molar-refractivity contribution in [1.82, 2.24) is 9.78 Å². The Morgan fingerprint density at radius 2 is 2.22 bits per heavy atom. The highest BCUT2D eigenvalue weighted by atomic mass is 16.5. The number of hydrogen-bond acceptors (Lipinski definition) is 3. The Labute approximate surface area is 107 Å². The molecular formula is C14H19N3O. The maximum absolute atomic E-state index is 6.22. The van der Waals surface area contributed by atoms with Crippen LogP contribution in [0, 0.1) is 6.92 Å². The number of aryl methyl sites for hydroxylation is 2. The molecule has 0 fully saturated rings. The van der Waals surface area contributed by atoms with Crippen LogP contribution in [0.25, 0.3) is 0 Å². The Balaban J connectivity index is 2.15. The van der Waals surface area contributed by atoms with Gasteiger partial charge >= 0.3 is 0 Å². The summed E-state index contributed by atoms with van der Waals surface area (Å²) in [5.74, 6) is 0.883. The molecule has 0 saturated heterocycles. The zero-order chi connectivity index (χ0) is 13.1. The molecular weight excluding hydrogens is 226 g/mol. The first-order valence-electron chi connectivity index (χ1n) is 5.98. The van der Waals surface area contributed by atoms with E-state index in [0.717, 1.165) is 28.9 Å². The van der Waals surface area contributed by atoms with E-state index >= 15 is 0 Å². The molecule has 0 spiro atoms. The van der Waals surface area contributed by atoms with Crippen LogP contribution in [-0.2, 0) is 13.5 Å². The summed E-state index contributed by atoms with van der Waals surface area (Å²) >= 11 is 0. The molecule has 1 atom stereocenters. The first-order valence-corrected chi connectivity index (χ1v) is 5.98. The predicted octanol–water partition coefficient (Wildman–Crippen LogP) is 1.98. The SMILES string of the molecule is COc1cc(C(N)Cc2cnn(C)c2)ccc1C. The fourth-order valence-corrected chi connectivity index (χ4v) is 2.02. The van der Waals surface area contributed by atoms with Gasteiger partial charge in [0.2, 0.25) is 0 Å². The van der Waals surface area contributed by atoms with Crippen LogP contribution in [0.15, 0.2) is 30.6 Å². The van der Waals surface area contributed by atoms with E-state index in [-0.39, 0.29) is 6.04 Å². The molecule has 2 rings (SSSR count). The van der Waals surface area contributed by atoms with Crippen molar-refractivity contribution in [3.8, 4) is 5.75 Å². The van der Waals surface area contributed by atoms with Crippen molar-refractivity contribution in [2.24, 2.45) is 12.8 Å². The van der Waals surface area contributed by atoms with Crippen LogP contribution in [0.5, 0.6) is 5.75 Å². The summed E-state index contributed by atoms with van der Waals surface area (Å²) in [6, 6.07) is 6.07. The highest BCUT2D eigenvalue weighted by molar-refractivity contribution is 5.38. The second kappa shape index (κ2) is 5.23. The zero-order valence-electron chi connectivity index (χ0n) is 11.1. The van der Waals surface area contributed by atoms with Gasteiger partial charge in [-0.1, -0.05) is 12.1 Å². The molecule has 96 valence electrons. The third-order valence-corrected chi connectivity index (χ3v) is 3.07. The van der Waals surface area contributed by atoms with Gasteiger partial charge in [-0.05, 0) is 36.1 Å². The lowest BCUT2D eigenvalue weighted by atomic mass is 10.00. The normalized spacial score (nSPS) is 12.4. The molecule has 1 unspecified atom stereocenters. The third-order valence-electron chi connectivity index (χ3n) is 3.07. The van der Waals surface area contributed by atoms with Gasteiger partial charge in [0.25, 0.3) is 0 Å². The molecule has 0 aliphatic carbocycles. The Morgan fingerprint density at radius 1 is 1.44 bits per heavy atom. The van der Waals surface area contributed by atoms with Gasteiger partial charge in [0.15, 0.2) is 0 Å². The smallest absolute Gasteiger partial charge is 0.122 e. The summed E-state index contributed by atoms with van der Waals surface area (Å²) in [5.41, 5.74) is 9.57. The van der Waals surface area contributed by atoms with Crippen molar-refractivity contribution in [3.63, 3.8) is 0 Å². The fraction of sp³-hybridized carbons (Fsp3) is 0.357. The molecule has 0 aliphatic heterocycles. The lowest BCUT2D eigenvalue weighted by molar-refractivity contribution is 0.410. The van der Waals surface area contributed by atoms with E-state index in [0.29, 0.717) is 0 Å². The standard InChI is InChI=1S/C14H19N3O/c1-10-4-5-12(7-14(10)18-3)13(15)6-11-8-16-17(2)9-11/h4-5,7-9,13H,6,15H2,1-3H3. The topological polar surface area (TPSA) is 53.1 Å². The van der Waals surface area contributed by atoms with Gasteiger partial charge in [0, 0.05) is 19.3 Å². The molecule has 4 heteroatoms. The summed E-state index contributed by atoms with van der Waals surface area (Å²) in [7, 11) is 3.59. The third kappa shape index (κ3) is 2.71. The molecule has 0 bridgehead atoms. The van der Waals surface area contributed by atoms with Crippen molar-refractivity contribution < 1.29 is 4.74 Å². The van der Waals surface area contributed by atoms with E-state index < -0.39 is 0 Å². The van der Waals surface area contributed by atoms with Crippen LogP contribution in [-0.4, -0.2) is 16.9 Å². The molecule has 18 heavy (non-hydrogen) atoms. The van der Waals surface area contributed by atoms with Gasteiger partial charge in [-0.2, -0.15) is 5.10 Å². The maximum atomic E-state index is 6.22. The summed E-state index contributed by atoms with van der Waals surface area (Å²) in [4.78, 5) is 0. The number of methoxy groups -OCH3 is 1. The Hall–Kier alpha value is -1.81. The predicted molar refractivity (Wildman–Crippen MR) is 71.6 cm³/mol. The number of rotatable bonds is 4. The summed E-state index contributed by atoms with van der Waals surface area (Å²) in [5, 5.41) is 4.15. The van der Waals surface area contributed by atoms with Crippen LogP contribution in [0.1, 0.15) is 22.7 Å². The van der Waals surface area contributed by atoms with Crippen molar-refractivity contribution in [2.45, 2.75) is 19.4 Å². The van der Waals surface area contributed by atoms with Crippen molar-refractivity contribution in [2.75, 3.05) is 7.11 Å². The Bertz CT molecular complexity index is 534. The minimum absolute atomic E-state index is 0.0382. The summed E-state index contributed by atoms with van der Waals surface area (Å²) < 4.78 is 7.11. The molecule has 1 aromatic heterocycles. The molecule has 2 aromatic rings. The Kier molecular flexibility index (Phi) is 3.67. The first-order chi connectivity index (χ1) is 8.60. The largest absolute Gasteiger partial charge is 0.496 e. The minimum atomic E-state index is -0.0382. The average Bonchev–Trinajstić information content (AvgIpc) is 2.75. The van der Waals surface area contributed by atoms with E-state index in [4.69, 9.17) is 10.5 Å². The van der Waals surface area contributed by atoms with Crippen LogP contribution >= 0.6 is 0 Å². The van der Waals surface area contributed by atoms with E-state index in [9.17, 15) is 0 Å². The molecule has 1 heterocycles. The highest BCUT2D eigenvalue weighted by Crippen LogP contribution is 2.23. The summed E-state index contributed by atoms with van der Waals surface area (Å²) in [6.45, 7) is 2.02. The van der Waals surface area contributed by atoms with Crippen LogP contribution in [0.3, 0.4) is 0 Å². The number of nitrogens with two attached hydrogens (primary N) is 1. The Morgan fingerprint density at radius 3 is 2.83 bits per heavy atom. The molecule has 1 aromatic carbocycles. The van der Waals surface area contributed by atoms with Gasteiger partial charge < -0.3 is 10.5 Å². The van der Waals surface area contributed by atoms with Gasteiger partial charge in [0.1, 0.15) is 5.75 Å². The summed E-state index contributed by atoms with van der Waals surface area (Å²) in [6.07, 6.45) is 4.62. The number of aromatic nitrogens is 2. The lowest BCUT2D eigenvalue weighted by Gasteiger charge is -2.13. The molecule has 2 N–H and O–H groups in total. The molecule has 0 radical (unpaired) electrons. The monoisotopic (exact) mass is 245 g/mol. The molecule has 0 aliphatic rings. The first kappa shape index (κ1) is 12.6. The van der Waals surface area contributed by atoms with Gasteiger partial charge in [-0.15, -0.1) is 0 Å². The van der Waals surface area contributed by atoms with Gasteiger partial charge in [-0.3, -0.25) is 4.68 Å². The van der Waals surface area contributed by atoms with Gasteiger partial charge in [0.05, 0.1) is 13.3 Å². The average molecular weight is 245 g/mol. The van der Waals surface area contributed by atoms with Gasteiger partial charge in [-0.25, -0.2) is 0 Å². The molecule has 0 saturated carbocycles. The highest BCUT2D eigenvalue weighted by Gasteiger charge is 2.10. The van der Waals surface area contributed by atoms with Crippen molar-refractivity contribution >= 4 is 0 Å². The second-order valence-electron chi connectivity index (χ2n) is 4.56. The van der Waals surface area contributed by atoms with Crippen LogP contribution in [0.4, 0.5) is 0 Å². The number of benzene rings is 1. The number of hydrogen-bond donors (Lipinski definition) is 1. The molecule has 4 nitrogen and oxygen atoms in total. The quantitative estimate of drug-likeness (QED) is 0.896. The lowest BCUT2D eigenvalue weighted by Crippen LogP contribution is -2.13. The molecule has 0 amide bonds. The number of nitrogens with zero attached hydrogens (tertiary/aromatic N) is 2. The second-order valence-corrected chi connectivity index (χ2v) is 4.56.